The van der Waals surface area contributed by atoms with E-state index < -0.39 is 0 Å². The van der Waals surface area contributed by atoms with E-state index >= 15 is 0 Å². The summed E-state index contributed by atoms with van der Waals surface area (Å²) < 4.78 is 5.98. The Morgan fingerprint density at radius 3 is 2.38 bits per heavy atom. The summed E-state index contributed by atoms with van der Waals surface area (Å²) >= 11 is 0. The first kappa shape index (κ1) is 21.6. The molecule has 1 aromatic heterocycles. The van der Waals surface area contributed by atoms with Gasteiger partial charge in [-0.05, 0) is 84.8 Å². The van der Waals surface area contributed by atoms with Gasteiger partial charge in [0, 0.05) is 17.3 Å². The van der Waals surface area contributed by atoms with Gasteiger partial charge in [-0.1, -0.05) is 44.2 Å². The molecule has 0 aliphatic carbocycles. The molecule has 0 unspecified atom stereocenters. The maximum Gasteiger partial charge on any atom is 0.248 e. The van der Waals surface area contributed by atoms with Crippen LogP contribution >= 0.6 is 0 Å². The quantitative estimate of drug-likeness (QED) is 0.345. The summed E-state index contributed by atoms with van der Waals surface area (Å²) in [5.74, 6) is 0.851. The van der Waals surface area contributed by atoms with Gasteiger partial charge in [0.15, 0.2) is 5.58 Å². The fourth-order valence-electron chi connectivity index (χ4n) is 3.53. The number of hydrogen-bond donors (Lipinski definition) is 1. The summed E-state index contributed by atoms with van der Waals surface area (Å²) in [5.41, 5.74) is 8.76. The predicted molar refractivity (Wildman–Crippen MR) is 132 cm³/mol. The number of anilines is 1. The molecule has 162 valence electrons. The molecule has 0 fully saturated rings. The number of amides is 1. The molecule has 32 heavy (non-hydrogen) atoms. The van der Waals surface area contributed by atoms with E-state index in [-0.39, 0.29) is 5.91 Å². The first-order valence-corrected chi connectivity index (χ1v) is 10.9. The summed E-state index contributed by atoms with van der Waals surface area (Å²) in [6.07, 6.45) is 3.38. The second-order valence-corrected chi connectivity index (χ2v) is 8.60. The van der Waals surface area contributed by atoms with Gasteiger partial charge >= 0.3 is 0 Å². The van der Waals surface area contributed by atoms with E-state index in [1.165, 1.54) is 16.7 Å². The Bertz CT molecular complexity index is 1270. The molecule has 0 saturated heterocycles. The third-order valence-corrected chi connectivity index (χ3v) is 5.78. The fourth-order valence-corrected chi connectivity index (χ4v) is 3.53. The van der Waals surface area contributed by atoms with Crippen molar-refractivity contribution in [1.82, 2.24) is 4.98 Å². The van der Waals surface area contributed by atoms with Crippen LogP contribution in [0.15, 0.2) is 65.1 Å². The summed E-state index contributed by atoms with van der Waals surface area (Å²) in [4.78, 5) is 17.2. The molecule has 0 radical (unpaired) electrons. The molecule has 0 aliphatic heterocycles. The minimum absolute atomic E-state index is 0.179. The highest BCUT2D eigenvalue weighted by atomic mass is 16.3. The summed E-state index contributed by atoms with van der Waals surface area (Å²) in [6, 6.07) is 18.1. The van der Waals surface area contributed by atoms with Crippen molar-refractivity contribution >= 4 is 28.8 Å². The van der Waals surface area contributed by atoms with Crippen molar-refractivity contribution in [2.45, 2.75) is 40.5 Å². The number of benzene rings is 3. The van der Waals surface area contributed by atoms with Crippen LogP contribution in [0.3, 0.4) is 0 Å². The zero-order valence-corrected chi connectivity index (χ0v) is 19.2. The highest BCUT2D eigenvalue weighted by molar-refractivity contribution is 6.02. The average Bonchev–Trinajstić information content (AvgIpc) is 3.17. The largest absolute Gasteiger partial charge is 0.436 e. The molecule has 4 nitrogen and oxygen atoms in total. The highest BCUT2D eigenvalue weighted by Crippen LogP contribution is 2.29. The van der Waals surface area contributed by atoms with Crippen molar-refractivity contribution in [1.29, 1.82) is 0 Å². The minimum Gasteiger partial charge on any atom is -0.436 e. The van der Waals surface area contributed by atoms with Gasteiger partial charge in [-0.15, -0.1) is 0 Å². The van der Waals surface area contributed by atoms with E-state index in [4.69, 9.17) is 4.42 Å². The molecule has 3 aromatic carbocycles. The number of oxazole rings is 1. The van der Waals surface area contributed by atoms with Gasteiger partial charge in [0.25, 0.3) is 0 Å². The fraction of sp³-hybridized carbons (Fsp3) is 0.214. The molecule has 0 atom stereocenters. The predicted octanol–water partition coefficient (Wildman–Crippen LogP) is 7.20. The van der Waals surface area contributed by atoms with Crippen molar-refractivity contribution in [3.63, 3.8) is 0 Å². The first-order chi connectivity index (χ1) is 15.3. The molecular weight excluding hydrogens is 396 g/mol. The molecule has 0 bridgehead atoms. The second-order valence-electron chi connectivity index (χ2n) is 8.60. The van der Waals surface area contributed by atoms with Crippen molar-refractivity contribution in [3.05, 3.63) is 88.5 Å². The van der Waals surface area contributed by atoms with Crippen molar-refractivity contribution in [2.24, 2.45) is 0 Å². The molecule has 0 saturated carbocycles. The van der Waals surface area contributed by atoms with Crippen LogP contribution in [-0.2, 0) is 4.79 Å². The zero-order valence-electron chi connectivity index (χ0n) is 19.2. The number of aromatic nitrogens is 1. The number of rotatable bonds is 5. The van der Waals surface area contributed by atoms with Crippen LogP contribution in [0.25, 0.3) is 28.6 Å². The summed E-state index contributed by atoms with van der Waals surface area (Å²) in [7, 11) is 0. The molecule has 4 aromatic rings. The van der Waals surface area contributed by atoms with E-state index in [9.17, 15) is 4.79 Å². The van der Waals surface area contributed by atoms with Crippen molar-refractivity contribution in [2.75, 3.05) is 5.32 Å². The third-order valence-electron chi connectivity index (χ3n) is 5.78. The van der Waals surface area contributed by atoms with Crippen LogP contribution in [0.2, 0.25) is 0 Å². The van der Waals surface area contributed by atoms with Crippen molar-refractivity contribution in [3.8, 4) is 11.5 Å². The lowest BCUT2D eigenvalue weighted by atomic mass is 10.0. The van der Waals surface area contributed by atoms with Crippen LogP contribution in [-0.4, -0.2) is 10.9 Å². The standard InChI is InChI=1S/C28H28N2O2/c1-17(2)22-11-7-21(8-12-22)9-13-27(31)29-24-16-23(10-6-18(24)3)28-30-25-14-19(4)20(5)15-26(25)32-28/h6-17H,1-5H3,(H,29,31)/b13-9+. The van der Waals surface area contributed by atoms with Crippen LogP contribution in [0.4, 0.5) is 5.69 Å². The number of fused-ring (bicyclic) bond motifs is 1. The summed E-state index contributed by atoms with van der Waals surface area (Å²) in [6.45, 7) is 10.4. The number of carbonyl (C=O) groups is 1. The van der Waals surface area contributed by atoms with Crippen molar-refractivity contribution < 1.29 is 9.21 Å². The van der Waals surface area contributed by atoms with Gasteiger partial charge in [-0.25, -0.2) is 4.98 Å². The molecule has 1 N–H and O–H groups in total. The number of aryl methyl sites for hydroxylation is 3. The lowest BCUT2D eigenvalue weighted by molar-refractivity contribution is -0.111. The van der Waals surface area contributed by atoms with E-state index in [1.807, 2.05) is 55.5 Å². The monoisotopic (exact) mass is 424 g/mol. The first-order valence-electron chi connectivity index (χ1n) is 10.9. The lowest BCUT2D eigenvalue weighted by Gasteiger charge is -2.08. The zero-order chi connectivity index (χ0) is 22.8. The Balaban J connectivity index is 1.53. The van der Waals surface area contributed by atoms with Gasteiger partial charge in [0.05, 0.1) is 0 Å². The third kappa shape index (κ3) is 4.65. The Morgan fingerprint density at radius 1 is 0.938 bits per heavy atom. The molecule has 0 spiro atoms. The average molecular weight is 425 g/mol. The number of nitrogens with zero attached hydrogens (tertiary/aromatic N) is 1. The van der Waals surface area contributed by atoms with Crippen LogP contribution in [0, 0.1) is 20.8 Å². The van der Waals surface area contributed by atoms with E-state index in [0.29, 0.717) is 11.8 Å². The van der Waals surface area contributed by atoms with Crippen LogP contribution in [0.1, 0.15) is 47.6 Å². The second kappa shape index (κ2) is 8.83. The number of nitrogens with one attached hydrogen (secondary N) is 1. The van der Waals surface area contributed by atoms with E-state index in [1.54, 1.807) is 6.08 Å². The van der Waals surface area contributed by atoms with Gasteiger partial charge < -0.3 is 9.73 Å². The van der Waals surface area contributed by atoms with E-state index in [2.05, 4.69) is 50.1 Å². The Kier molecular flexibility index (Phi) is 5.95. The molecule has 0 aliphatic rings. The lowest BCUT2D eigenvalue weighted by Crippen LogP contribution is -2.09. The minimum atomic E-state index is -0.179. The topological polar surface area (TPSA) is 55.1 Å². The van der Waals surface area contributed by atoms with Gasteiger partial charge in [0.2, 0.25) is 11.8 Å². The Hall–Kier alpha value is -3.66. The van der Waals surface area contributed by atoms with Gasteiger partial charge in [-0.3, -0.25) is 4.79 Å². The van der Waals surface area contributed by atoms with E-state index in [0.717, 1.165) is 33.5 Å². The SMILES string of the molecule is Cc1cc2nc(-c3ccc(C)c(NC(=O)/C=C/c4ccc(C(C)C)cc4)c3)oc2cc1C. The molecule has 4 heteroatoms. The Morgan fingerprint density at radius 2 is 1.66 bits per heavy atom. The Labute approximate surface area is 189 Å². The number of hydrogen-bond acceptors (Lipinski definition) is 3. The molecular formula is C28H28N2O2. The normalized spacial score (nSPS) is 11.6. The van der Waals surface area contributed by atoms with Crippen LogP contribution < -0.4 is 5.32 Å². The maximum absolute atomic E-state index is 12.5. The summed E-state index contributed by atoms with van der Waals surface area (Å²) in [5, 5.41) is 2.98. The molecule has 1 amide bonds. The smallest absolute Gasteiger partial charge is 0.248 e. The maximum atomic E-state index is 12.5. The molecule has 4 rings (SSSR count). The van der Waals surface area contributed by atoms with Crippen LogP contribution in [0.5, 0.6) is 0 Å². The highest BCUT2D eigenvalue weighted by Gasteiger charge is 2.12. The molecule has 1 heterocycles. The van der Waals surface area contributed by atoms with Gasteiger partial charge in [0.1, 0.15) is 5.52 Å². The van der Waals surface area contributed by atoms with Gasteiger partial charge in [-0.2, -0.15) is 0 Å². The number of carbonyl (C=O) groups excluding carboxylic acids is 1.